The van der Waals surface area contributed by atoms with E-state index in [0.717, 1.165) is 26.1 Å². The van der Waals surface area contributed by atoms with Gasteiger partial charge in [-0.25, -0.2) is 0 Å². The van der Waals surface area contributed by atoms with Crippen LogP contribution in [-0.4, -0.2) is 34.7 Å². The molecule has 0 spiro atoms. The van der Waals surface area contributed by atoms with Gasteiger partial charge in [-0.3, -0.25) is 9.88 Å². The Kier molecular flexibility index (Phi) is 3.69. The molecule has 1 aromatic rings. The van der Waals surface area contributed by atoms with Crippen molar-refractivity contribution in [1.82, 2.24) is 9.88 Å². The van der Waals surface area contributed by atoms with Crippen molar-refractivity contribution in [1.29, 1.82) is 0 Å². The van der Waals surface area contributed by atoms with Crippen LogP contribution in [0, 0.1) is 5.92 Å². The number of pyridine rings is 1. The molecule has 1 atom stereocenters. The number of likely N-dealkylation sites (tertiary alicyclic amines) is 1. The molecular weight excluding hydrogens is 188 g/mol. The van der Waals surface area contributed by atoms with Gasteiger partial charge in [0, 0.05) is 32.1 Å². The topological polar surface area (TPSA) is 36.4 Å². The summed E-state index contributed by atoms with van der Waals surface area (Å²) in [6.45, 7) is 3.59. The van der Waals surface area contributed by atoms with Crippen LogP contribution in [0.2, 0.25) is 0 Å². The summed E-state index contributed by atoms with van der Waals surface area (Å²) >= 11 is 0. The van der Waals surface area contributed by atoms with Gasteiger partial charge in [0.05, 0.1) is 0 Å². The van der Waals surface area contributed by atoms with Crippen molar-refractivity contribution in [2.24, 2.45) is 5.92 Å². The van der Waals surface area contributed by atoms with Crippen LogP contribution in [-0.2, 0) is 6.54 Å². The van der Waals surface area contributed by atoms with Crippen LogP contribution in [0.15, 0.2) is 24.5 Å². The zero-order chi connectivity index (χ0) is 10.5. The number of hydrogen-bond donors (Lipinski definition) is 1. The lowest BCUT2D eigenvalue weighted by molar-refractivity contribution is 0.249. The summed E-state index contributed by atoms with van der Waals surface area (Å²) in [5, 5.41) is 8.87. The fourth-order valence-corrected chi connectivity index (χ4v) is 2.22. The predicted molar refractivity (Wildman–Crippen MR) is 59.3 cm³/mol. The highest BCUT2D eigenvalue weighted by Gasteiger charge is 2.21. The summed E-state index contributed by atoms with van der Waals surface area (Å²) in [7, 11) is 0. The molecule has 0 aliphatic carbocycles. The molecule has 0 bridgehead atoms. The van der Waals surface area contributed by atoms with Crippen LogP contribution >= 0.6 is 0 Å². The molecular formula is C12H18N2O. The SMILES string of the molecule is OCC[C@H]1CCN(Cc2cccnc2)C1. The Morgan fingerprint density at radius 3 is 3.20 bits per heavy atom. The van der Waals surface area contributed by atoms with Crippen LogP contribution in [0.1, 0.15) is 18.4 Å². The largest absolute Gasteiger partial charge is 0.396 e. The number of hydrogen-bond acceptors (Lipinski definition) is 3. The van der Waals surface area contributed by atoms with E-state index >= 15 is 0 Å². The Morgan fingerprint density at radius 2 is 2.47 bits per heavy atom. The highest BCUT2D eigenvalue weighted by Crippen LogP contribution is 2.20. The normalized spacial score (nSPS) is 22.1. The first kappa shape index (κ1) is 10.6. The molecule has 0 saturated carbocycles. The lowest BCUT2D eigenvalue weighted by atomic mass is 10.1. The Balaban J connectivity index is 1.82. The molecule has 1 aliphatic rings. The Bertz CT molecular complexity index is 289. The lowest BCUT2D eigenvalue weighted by Gasteiger charge is -2.15. The Morgan fingerprint density at radius 1 is 1.53 bits per heavy atom. The van der Waals surface area contributed by atoms with Crippen molar-refractivity contribution in [3.63, 3.8) is 0 Å². The van der Waals surface area contributed by atoms with Crippen LogP contribution in [0.25, 0.3) is 0 Å². The van der Waals surface area contributed by atoms with E-state index in [1.165, 1.54) is 12.0 Å². The zero-order valence-corrected chi connectivity index (χ0v) is 8.97. The Labute approximate surface area is 90.8 Å². The Hall–Kier alpha value is -0.930. The van der Waals surface area contributed by atoms with Gasteiger partial charge in [-0.1, -0.05) is 6.07 Å². The van der Waals surface area contributed by atoms with Gasteiger partial charge >= 0.3 is 0 Å². The van der Waals surface area contributed by atoms with Crippen LogP contribution in [0.4, 0.5) is 0 Å². The van der Waals surface area contributed by atoms with E-state index in [1.54, 1.807) is 0 Å². The first-order valence-corrected chi connectivity index (χ1v) is 5.60. The maximum absolute atomic E-state index is 8.87. The monoisotopic (exact) mass is 206 g/mol. The van der Waals surface area contributed by atoms with Crippen molar-refractivity contribution in [2.45, 2.75) is 19.4 Å². The molecule has 0 aromatic carbocycles. The zero-order valence-electron chi connectivity index (χ0n) is 8.97. The van der Waals surface area contributed by atoms with Gasteiger partial charge in [-0.15, -0.1) is 0 Å². The third kappa shape index (κ3) is 3.01. The summed E-state index contributed by atoms with van der Waals surface area (Å²) in [6.07, 6.45) is 5.91. The summed E-state index contributed by atoms with van der Waals surface area (Å²) in [5.74, 6) is 0.687. The van der Waals surface area contributed by atoms with E-state index in [1.807, 2.05) is 18.5 Å². The van der Waals surface area contributed by atoms with Crippen LogP contribution < -0.4 is 0 Å². The van der Waals surface area contributed by atoms with Crippen molar-refractivity contribution in [2.75, 3.05) is 19.7 Å². The van der Waals surface area contributed by atoms with E-state index in [0.29, 0.717) is 12.5 Å². The van der Waals surface area contributed by atoms with E-state index < -0.39 is 0 Å². The third-order valence-corrected chi connectivity index (χ3v) is 3.04. The lowest BCUT2D eigenvalue weighted by Crippen LogP contribution is -2.20. The van der Waals surface area contributed by atoms with Crippen molar-refractivity contribution in [3.8, 4) is 0 Å². The minimum atomic E-state index is 0.325. The first-order valence-electron chi connectivity index (χ1n) is 5.60. The van der Waals surface area contributed by atoms with Gasteiger partial charge in [0.1, 0.15) is 0 Å². The summed E-state index contributed by atoms with van der Waals surface area (Å²) in [6, 6.07) is 4.10. The number of aliphatic hydroxyl groups is 1. The van der Waals surface area contributed by atoms with Gasteiger partial charge in [0.2, 0.25) is 0 Å². The average Bonchev–Trinajstić information content (AvgIpc) is 2.68. The minimum Gasteiger partial charge on any atom is -0.396 e. The molecule has 2 heterocycles. The summed E-state index contributed by atoms with van der Waals surface area (Å²) in [4.78, 5) is 6.56. The smallest absolute Gasteiger partial charge is 0.0434 e. The number of aliphatic hydroxyl groups excluding tert-OH is 1. The highest BCUT2D eigenvalue weighted by atomic mass is 16.3. The van der Waals surface area contributed by atoms with Gasteiger partial charge in [-0.2, -0.15) is 0 Å². The van der Waals surface area contributed by atoms with Gasteiger partial charge in [0.25, 0.3) is 0 Å². The van der Waals surface area contributed by atoms with E-state index in [2.05, 4.69) is 16.0 Å². The van der Waals surface area contributed by atoms with Gasteiger partial charge in [0.15, 0.2) is 0 Å². The van der Waals surface area contributed by atoms with Crippen molar-refractivity contribution in [3.05, 3.63) is 30.1 Å². The molecule has 1 aromatic heterocycles. The van der Waals surface area contributed by atoms with E-state index in [9.17, 15) is 0 Å². The molecule has 1 saturated heterocycles. The van der Waals surface area contributed by atoms with Crippen molar-refractivity contribution < 1.29 is 5.11 Å². The molecule has 0 radical (unpaired) electrons. The van der Waals surface area contributed by atoms with Crippen molar-refractivity contribution >= 4 is 0 Å². The molecule has 0 unspecified atom stereocenters. The molecule has 0 amide bonds. The van der Waals surface area contributed by atoms with Gasteiger partial charge < -0.3 is 5.11 Å². The highest BCUT2D eigenvalue weighted by molar-refractivity contribution is 5.08. The molecule has 15 heavy (non-hydrogen) atoms. The van der Waals surface area contributed by atoms with Crippen LogP contribution in [0.5, 0.6) is 0 Å². The predicted octanol–water partition coefficient (Wildman–Crippen LogP) is 1.29. The maximum Gasteiger partial charge on any atom is 0.0434 e. The molecule has 1 N–H and O–H groups in total. The first-order chi connectivity index (χ1) is 7.38. The van der Waals surface area contributed by atoms with Crippen LogP contribution in [0.3, 0.4) is 0 Å². The summed E-state index contributed by atoms with van der Waals surface area (Å²) < 4.78 is 0. The maximum atomic E-state index is 8.87. The molecule has 82 valence electrons. The number of rotatable bonds is 4. The molecule has 3 nitrogen and oxygen atoms in total. The molecule has 3 heteroatoms. The average molecular weight is 206 g/mol. The molecule has 1 fully saturated rings. The standard InChI is InChI=1S/C12H18N2O/c15-7-4-11-3-6-14(9-11)10-12-2-1-5-13-8-12/h1-2,5,8,11,15H,3-4,6-7,9-10H2/t11-/m1/s1. The minimum absolute atomic E-state index is 0.325. The molecule has 1 aliphatic heterocycles. The molecule has 2 rings (SSSR count). The second-order valence-corrected chi connectivity index (χ2v) is 4.26. The second kappa shape index (κ2) is 5.24. The third-order valence-electron chi connectivity index (χ3n) is 3.04. The summed E-state index contributed by atoms with van der Waals surface area (Å²) in [5.41, 5.74) is 1.28. The number of aromatic nitrogens is 1. The fourth-order valence-electron chi connectivity index (χ4n) is 2.22. The number of nitrogens with zero attached hydrogens (tertiary/aromatic N) is 2. The van der Waals surface area contributed by atoms with E-state index in [4.69, 9.17) is 5.11 Å². The van der Waals surface area contributed by atoms with Gasteiger partial charge in [-0.05, 0) is 36.9 Å². The second-order valence-electron chi connectivity index (χ2n) is 4.26. The quantitative estimate of drug-likeness (QED) is 0.806. The fraction of sp³-hybridized carbons (Fsp3) is 0.583. The van der Waals surface area contributed by atoms with E-state index in [-0.39, 0.29) is 0 Å².